The molecule has 0 spiro atoms. The molecule has 0 aliphatic heterocycles. The lowest BCUT2D eigenvalue weighted by molar-refractivity contribution is -0.659. The highest BCUT2D eigenvalue weighted by atomic mass is 14.9. The van der Waals surface area contributed by atoms with Gasteiger partial charge in [-0.3, -0.25) is 4.98 Å². The van der Waals surface area contributed by atoms with Crippen LogP contribution in [0.3, 0.4) is 0 Å². The summed E-state index contributed by atoms with van der Waals surface area (Å²) in [6.07, 6.45) is 5.17. The van der Waals surface area contributed by atoms with E-state index in [1.54, 1.807) is 0 Å². The van der Waals surface area contributed by atoms with Crippen molar-refractivity contribution >= 4 is 10.8 Å². The molecule has 158 valence electrons. The van der Waals surface area contributed by atoms with Gasteiger partial charge in [0.25, 0.3) is 0 Å². The summed E-state index contributed by atoms with van der Waals surface area (Å²) in [6, 6.07) is 17.9. The average Bonchev–Trinajstić information content (AvgIpc) is 2.70. The first-order valence-corrected chi connectivity index (χ1v) is 11.1. The first-order valence-electron chi connectivity index (χ1n) is 11.1. The Morgan fingerprint density at radius 1 is 0.871 bits per heavy atom. The molecule has 0 unspecified atom stereocenters. The van der Waals surface area contributed by atoms with Gasteiger partial charge in [0.05, 0.1) is 10.9 Å². The van der Waals surface area contributed by atoms with Gasteiger partial charge < -0.3 is 0 Å². The van der Waals surface area contributed by atoms with E-state index in [4.69, 9.17) is 4.98 Å². The molecule has 0 aliphatic rings. The molecule has 4 aromatic rings. The Morgan fingerprint density at radius 3 is 2.29 bits per heavy atom. The van der Waals surface area contributed by atoms with Crippen molar-refractivity contribution in [2.45, 2.75) is 48.0 Å². The normalized spacial score (nSPS) is 11.8. The van der Waals surface area contributed by atoms with Crippen molar-refractivity contribution in [1.82, 2.24) is 4.98 Å². The van der Waals surface area contributed by atoms with Crippen molar-refractivity contribution in [1.29, 1.82) is 0 Å². The zero-order chi connectivity index (χ0) is 22.3. The van der Waals surface area contributed by atoms with Crippen LogP contribution in [-0.2, 0) is 13.5 Å². The van der Waals surface area contributed by atoms with Gasteiger partial charge in [-0.2, -0.15) is 0 Å². The molecule has 0 aliphatic carbocycles. The molecule has 2 heteroatoms. The molecule has 2 aromatic carbocycles. The summed E-state index contributed by atoms with van der Waals surface area (Å²) in [7, 11) is 2.14. The molecule has 4 rings (SSSR count). The second-order valence-corrected chi connectivity index (χ2v) is 10.1. The minimum Gasteiger partial charge on any atom is -0.261 e. The van der Waals surface area contributed by atoms with Crippen molar-refractivity contribution in [2.75, 3.05) is 0 Å². The number of hydrogen-bond donors (Lipinski definition) is 0. The van der Waals surface area contributed by atoms with Gasteiger partial charge in [-0.15, -0.1) is 0 Å². The number of nitrogens with zero attached hydrogens (tertiary/aromatic N) is 2. The Bertz CT molecular complexity index is 1260. The number of rotatable bonds is 3. The summed E-state index contributed by atoms with van der Waals surface area (Å²) in [5, 5.41) is 2.53. The number of aromatic nitrogens is 2. The van der Waals surface area contributed by atoms with E-state index in [0.29, 0.717) is 0 Å². The first-order chi connectivity index (χ1) is 14.6. The van der Waals surface area contributed by atoms with Crippen molar-refractivity contribution in [2.24, 2.45) is 12.5 Å². The molecule has 0 N–H and O–H groups in total. The van der Waals surface area contributed by atoms with Gasteiger partial charge in [-0.1, -0.05) is 50.6 Å². The van der Waals surface area contributed by atoms with Gasteiger partial charge in [0.2, 0.25) is 5.69 Å². The molecule has 2 aromatic heterocycles. The number of pyridine rings is 2. The van der Waals surface area contributed by atoms with Crippen LogP contribution in [0.2, 0.25) is 0 Å². The van der Waals surface area contributed by atoms with E-state index in [1.165, 1.54) is 44.3 Å². The number of aryl methyl sites for hydroxylation is 3. The minimum atomic E-state index is 0.241. The summed E-state index contributed by atoms with van der Waals surface area (Å²) >= 11 is 0. The monoisotopic (exact) mass is 409 g/mol. The summed E-state index contributed by atoms with van der Waals surface area (Å²) in [4.78, 5) is 4.75. The van der Waals surface area contributed by atoms with E-state index in [0.717, 1.165) is 17.7 Å². The van der Waals surface area contributed by atoms with E-state index >= 15 is 0 Å². The second kappa shape index (κ2) is 7.92. The Kier molecular flexibility index (Phi) is 5.43. The highest BCUT2D eigenvalue weighted by Gasteiger charge is 2.19. The van der Waals surface area contributed by atoms with Crippen LogP contribution in [0.1, 0.15) is 43.2 Å². The highest BCUT2D eigenvalue weighted by Crippen LogP contribution is 2.33. The number of benzene rings is 2. The third-order valence-corrected chi connectivity index (χ3v) is 6.08. The van der Waals surface area contributed by atoms with Gasteiger partial charge in [-0.25, -0.2) is 4.57 Å². The van der Waals surface area contributed by atoms with Gasteiger partial charge in [0.1, 0.15) is 7.05 Å². The maximum atomic E-state index is 4.75. The quantitative estimate of drug-likeness (QED) is 0.336. The SMILES string of the molecule is Cc1cc(C)c(C)c(-c2c3cc(-c4ccc(CC(C)(C)C)nc4)ccc3cc[n+]2C)c1. The second-order valence-electron chi connectivity index (χ2n) is 10.1. The van der Waals surface area contributed by atoms with E-state index in [2.05, 4.69) is 108 Å². The molecule has 0 amide bonds. The average molecular weight is 410 g/mol. The fourth-order valence-electron chi connectivity index (χ4n) is 4.41. The van der Waals surface area contributed by atoms with Crippen molar-refractivity contribution < 1.29 is 4.57 Å². The lowest BCUT2D eigenvalue weighted by atomic mass is 9.90. The Hall–Kier alpha value is -3.00. The summed E-state index contributed by atoms with van der Waals surface area (Å²) in [5.74, 6) is 0. The van der Waals surface area contributed by atoms with Crippen LogP contribution in [0.4, 0.5) is 0 Å². The maximum Gasteiger partial charge on any atom is 0.220 e. The smallest absolute Gasteiger partial charge is 0.220 e. The standard InChI is InChI=1S/C29H33N2/c1-19-14-20(2)21(3)26(15-19)28-27-16-23(9-8-22(27)12-13-31(28)7)24-10-11-25(30-18-24)17-29(4,5)6/h8-16,18H,17H2,1-7H3/q+1. The molecule has 31 heavy (non-hydrogen) atoms. The Balaban J connectivity index is 1.86. The predicted octanol–water partition coefficient (Wildman–Crippen LogP) is 6.91. The van der Waals surface area contributed by atoms with Crippen LogP contribution in [0, 0.1) is 26.2 Å². The number of fused-ring (bicyclic) bond motifs is 1. The Morgan fingerprint density at radius 2 is 1.61 bits per heavy atom. The van der Waals surface area contributed by atoms with E-state index in [9.17, 15) is 0 Å². The first kappa shape index (κ1) is 21.2. The van der Waals surface area contributed by atoms with Crippen molar-refractivity contribution in [3.8, 4) is 22.4 Å². The van der Waals surface area contributed by atoms with Crippen LogP contribution in [0.15, 0.2) is 60.9 Å². The van der Waals surface area contributed by atoms with Crippen molar-refractivity contribution in [3.63, 3.8) is 0 Å². The molecule has 0 fully saturated rings. The predicted molar refractivity (Wildman–Crippen MR) is 131 cm³/mol. The van der Waals surface area contributed by atoms with Crippen LogP contribution in [-0.4, -0.2) is 4.98 Å². The van der Waals surface area contributed by atoms with Gasteiger partial charge in [-0.05, 0) is 72.9 Å². The minimum absolute atomic E-state index is 0.241. The van der Waals surface area contributed by atoms with Gasteiger partial charge in [0.15, 0.2) is 6.20 Å². The van der Waals surface area contributed by atoms with Crippen LogP contribution in [0.25, 0.3) is 33.2 Å². The molecule has 0 atom stereocenters. The molecule has 0 radical (unpaired) electrons. The largest absolute Gasteiger partial charge is 0.261 e. The molecule has 2 heterocycles. The van der Waals surface area contributed by atoms with E-state index in [-0.39, 0.29) is 5.41 Å². The topological polar surface area (TPSA) is 16.8 Å². The zero-order valence-corrected chi connectivity index (χ0v) is 19.9. The molecular weight excluding hydrogens is 376 g/mol. The van der Waals surface area contributed by atoms with Crippen LogP contribution in [0.5, 0.6) is 0 Å². The lowest BCUT2D eigenvalue weighted by Gasteiger charge is -2.17. The Labute approximate surface area is 186 Å². The zero-order valence-electron chi connectivity index (χ0n) is 19.9. The van der Waals surface area contributed by atoms with Gasteiger partial charge in [0, 0.05) is 23.5 Å². The molecule has 0 bridgehead atoms. The molecule has 0 saturated heterocycles. The third kappa shape index (κ3) is 4.39. The highest BCUT2D eigenvalue weighted by molar-refractivity contribution is 5.96. The summed E-state index contributed by atoms with van der Waals surface area (Å²) in [5.41, 5.74) is 10.3. The number of hydrogen-bond acceptors (Lipinski definition) is 1. The van der Waals surface area contributed by atoms with Crippen LogP contribution < -0.4 is 4.57 Å². The molecule has 0 saturated carbocycles. The fourth-order valence-corrected chi connectivity index (χ4v) is 4.41. The molecule has 2 nitrogen and oxygen atoms in total. The van der Waals surface area contributed by atoms with Crippen LogP contribution >= 0.6 is 0 Å². The summed E-state index contributed by atoms with van der Waals surface area (Å²) < 4.78 is 2.25. The van der Waals surface area contributed by atoms with Crippen molar-refractivity contribution in [3.05, 3.63) is 83.3 Å². The van der Waals surface area contributed by atoms with E-state index in [1.807, 2.05) is 6.20 Å². The van der Waals surface area contributed by atoms with E-state index < -0.39 is 0 Å². The maximum absolute atomic E-state index is 4.75. The van der Waals surface area contributed by atoms with Gasteiger partial charge >= 0.3 is 0 Å². The molecular formula is C29H33N2+. The lowest BCUT2D eigenvalue weighted by Crippen LogP contribution is -2.30. The summed E-state index contributed by atoms with van der Waals surface area (Å²) in [6.45, 7) is 13.4. The third-order valence-electron chi connectivity index (χ3n) is 6.08. The fraction of sp³-hybridized carbons (Fsp3) is 0.310.